The Morgan fingerprint density at radius 1 is 0.905 bits per heavy atom. The third-order valence-corrected chi connectivity index (χ3v) is 4.25. The van der Waals surface area contributed by atoms with Gasteiger partial charge in [0.1, 0.15) is 0 Å². The molecule has 0 aromatic heterocycles. The van der Waals surface area contributed by atoms with E-state index in [4.69, 9.17) is 0 Å². The van der Waals surface area contributed by atoms with Gasteiger partial charge >= 0.3 is 0 Å². The van der Waals surface area contributed by atoms with Crippen LogP contribution in [-0.4, -0.2) is 43.1 Å². The van der Waals surface area contributed by atoms with Crippen LogP contribution in [0.4, 0.5) is 0 Å². The van der Waals surface area contributed by atoms with E-state index in [1.54, 1.807) is 0 Å². The summed E-state index contributed by atoms with van der Waals surface area (Å²) >= 11 is 0. The van der Waals surface area contributed by atoms with Gasteiger partial charge in [-0.25, -0.2) is 0 Å². The highest BCUT2D eigenvalue weighted by atomic mass is 16.1. The summed E-state index contributed by atoms with van der Waals surface area (Å²) in [5.41, 5.74) is 0. The zero-order valence-corrected chi connectivity index (χ0v) is 14.6. The molecule has 3 nitrogen and oxygen atoms in total. The van der Waals surface area contributed by atoms with Gasteiger partial charge in [0.25, 0.3) is 0 Å². The maximum atomic E-state index is 11.2. The first-order valence-corrected chi connectivity index (χ1v) is 8.89. The fourth-order valence-electron chi connectivity index (χ4n) is 2.85. The summed E-state index contributed by atoms with van der Waals surface area (Å²) in [5.74, 6) is -0.0521. The Kier molecular flexibility index (Phi) is 12.4. The Morgan fingerprint density at radius 3 is 1.71 bits per heavy atom. The Labute approximate surface area is 132 Å². The second kappa shape index (κ2) is 12.9. The topological polar surface area (TPSA) is 29.1 Å². The SMILES string of the molecule is C=CC(=O)NCCC[N+](CCCC)(CCCC)CCCC. The highest BCUT2D eigenvalue weighted by molar-refractivity contribution is 5.86. The summed E-state index contributed by atoms with van der Waals surface area (Å²) in [4.78, 5) is 11.2. The van der Waals surface area contributed by atoms with Crippen molar-refractivity contribution in [1.29, 1.82) is 0 Å². The van der Waals surface area contributed by atoms with Crippen molar-refractivity contribution < 1.29 is 9.28 Å². The summed E-state index contributed by atoms with van der Waals surface area (Å²) in [6, 6.07) is 0. The molecule has 0 saturated carbocycles. The number of amides is 1. The number of hydrogen-bond acceptors (Lipinski definition) is 1. The van der Waals surface area contributed by atoms with Gasteiger partial charge in [0.15, 0.2) is 0 Å². The second-order valence-corrected chi connectivity index (χ2v) is 6.15. The molecule has 0 aliphatic carbocycles. The normalized spacial score (nSPS) is 11.4. The van der Waals surface area contributed by atoms with E-state index in [1.165, 1.54) is 75.3 Å². The zero-order chi connectivity index (χ0) is 16.0. The Morgan fingerprint density at radius 2 is 1.33 bits per heavy atom. The van der Waals surface area contributed by atoms with E-state index in [9.17, 15) is 4.79 Å². The van der Waals surface area contributed by atoms with Crippen molar-refractivity contribution in [1.82, 2.24) is 5.32 Å². The highest BCUT2D eigenvalue weighted by Gasteiger charge is 2.25. The number of unbranched alkanes of at least 4 members (excludes halogenated alkanes) is 3. The van der Waals surface area contributed by atoms with E-state index < -0.39 is 0 Å². The molecule has 0 aliphatic rings. The molecule has 1 N–H and O–H groups in total. The number of nitrogens with zero attached hydrogens (tertiary/aromatic N) is 1. The standard InChI is InChI=1S/C18H36N2O/c1-5-9-14-20(15-10-6-2,16-11-7-3)17-12-13-19-18(21)8-4/h8H,4-7,9-17H2,1-3H3/p+1. The molecular weight excluding hydrogens is 260 g/mol. The molecule has 0 aromatic carbocycles. The lowest BCUT2D eigenvalue weighted by Gasteiger charge is -2.39. The Hall–Kier alpha value is -0.830. The van der Waals surface area contributed by atoms with E-state index in [0.29, 0.717) is 0 Å². The van der Waals surface area contributed by atoms with Gasteiger partial charge in [-0.3, -0.25) is 4.79 Å². The average molecular weight is 298 g/mol. The number of carbonyl (C=O) groups excluding carboxylic acids is 1. The summed E-state index contributed by atoms with van der Waals surface area (Å²) in [6.45, 7) is 16.2. The number of rotatable bonds is 14. The van der Waals surface area contributed by atoms with Crippen molar-refractivity contribution in [2.75, 3.05) is 32.7 Å². The lowest BCUT2D eigenvalue weighted by Crippen LogP contribution is -2.51. The maximum Gasteiger partial charge on any atom is 0.243 e. The minimum Gasteiger partial charge on any atom is -0.352 e. The van der Waals surface area contributed by atoms with E-state index in [2.05, 4.69) is 32.7 Å². The van der Waals surface area contributed by atoms with Crippen LogP contribution in [0.3, 0.4) is 0 Å². The van der Waals surface area contributed by atoms with E-state index in [1.807, 2.05) is 0 Å². The average Bonchev–Trinajstić information content (AvgIpc) is 2.52. The molecule has 0 heterocycles. The number of quaternary nitrogens is 1. The third kappa shape index (κ3) is 9.67. The molecule has 3 heteroatoms. The van der Waals surface area contributed by atoms with Crippen LogP contribution in [0.5, 0.6) is 0 Å². The van der Waals surface area contributed by atoms with Gasteiger partial charge in [-0.1, -0.05) is 46.6 Å². The van der Waals surface area contributed by atoms with Crippen LogP contribution in [-0.2, 0) is 4.79 Å². The van der Waals surface area contributed by atoms with E-state index in [0.717, 1.165) is 13.0 Å². The van der Waals surface area contributed by atoms with Crippen molar-refractivity contribution in [3.8, 4) is 0 Å². The lowest BCUT2D eigenvalue weighted by molar-refractivity contribution is -0.929. The van der Waals surface area contributed by atoms with E-state index >= 15 is 0 Å². The molecule has 0 aromatic rings. The molecule has 0 aliphatic heterocycles. The smallest absolute Gasteiger partial charge is 0.243 e. The molecular formula is C18H37N2O+. The quantitative estimate of drug-likeness (QED) is 0.294. The third-order valence-electron chi connectivity index (χ3n) is 4.25. The zero-order valence-electron chi connectivity index (χ0n) is 14.6. The van der Waals surface area contributed by atoms with Crippen LogP contribution in [0.1, 0.15) is 65.7 Å². The van der Waals surface area contributed by atoms with Crippen LogP contribution in [0, 0.1) is 0 Å². The fraction of sp³-hybridized carbons (Fsp3) is 0.833. The molecule has 0 radical (unpaired) electrons. The first kappa shape index (κ1) is 20.2. The van der Waals surface area contributed by atoms with Crippen LogP contribution in [0.2, 0.25) is 0 Å². The van der Waals surface area contributed by atoms with Crippen LogP contribution in [0.25, 0.3) is 0 Å². The summed E-state index contributed by atoms with van der Waals surface area (Å²) < 4.78 is 1.25. The molecule has 1 amide bonds. The predicted molar refractivity (Wildman–Crippen MR) is 92.3 cm³/mol. The predicted octanol–water partition coefficient (Wildman–Crippen LogP) is 3.90. The van der Waals surface area contributed by atoms with Gasteiger partial charge in [-0.2, -0.15) is 0 Å². The lowest BCUT2D eigenvalue weighted by atomic mass is 10.1. The number of nitrogens with one attached hydrogen (secondary N) is 1. The molecule has 0 rings (SSSR count). The van der Waals surface area contributed by atoms with Gasteiger partial charge < -0.3 is 9.80 Å². The molecule has 0 atom stereocenters. The Balaban J connectivity index is 4.47. The molecule has 0 unspecified atom stereocenters. The van der Waals surface area contributed by atoms with Gasteiger partial charge in [0, 0.05) is 13.0 Å². The summed E-state index contributed by atoms with van der Waals surface area (Å²) in [7, 11) is 0. The first-order chi connectivity index (χ1) is 10.1. The van der Waals surface area contributed by atoms with Gasteiger partial charge in [-0.05, 0) is 25.3 Å². The van der Waals surface area contributed by atoms with Gasteiger partial charge in [0.05, 0.1) is 26.2 Å². The van der Waals surface area contributed by atoms with Crippen molar-refractivity contribution in [2.24, 2.45) is 0 Å². The monoisotopic (exact) mass is 297 g/mol. The molecule has 0 spiro atoms. The molecule has 21 heavy (non-hydrogen) atoms. The van der Waals surface area contributed by atoms with Crippen molar-refractivity contribution in [3.63, 3.8) is 0 Å². The molecule has 0 saturated heterocycles. The minimum absolute atomic E-state index is 0.0521. The van der Waals surface area contributed by atoms with Gasteiger partial charge in [0.2, 0.25) is 5.91 Å². The maximum absolute atomic E-state index is 11.2. The second-order valence-electron chi connectivity index (χ2n) is 6.15. The van der Waals surface area contributed by atoms with E-state index in [-0.39, 0.29) is 5.91 Å². The first-order valence-electron chi connectivity index (χ1n) is 8.89. The van der Waals surface area contributed by atoms with Gasteiger partial charge in [-0.15, -0.1) is 0 Å². The highest BCUT2D eigenvalue weighted by Crippen LogP contribution is 2.15. The molecule has 0 bridgehead atoms. The van der Waals surface area contributed by atoms with Crippen LogP contribution in [0.15, 0.2) is 12.7 Å². The van der Waals surface area contributed by atoms with Crippen LogP contribution >= 0.6 is 0 Å². The van der Waals surface area contributed by atoms with Crippen molar-refractivity contribution >= 4 is 5.91 Å². The largest absolute Gasteiger partial charge is 0.352 e. The molecule has 0 fully saturated rings. The van der Waals surface area contributed by atoms with Crippen molar-refractivity contribution in [3.05, 3.63) is 12.7 Å². The van der Waals surface area contributed by atoms with Crippen molar-refractivity contribution in [2.45, 2.75) is 65.7 Å². The van der Waals surface area contributed by atoms with Crippen LogP contribution < -0.4 is 5.32 Å². The fourth-order valence-corrected chi connectivity index (χ4v) is 2.85. The minimum atomic E-state index is -0.0521. The Bertz CT molecular complexity index is 255. The molecule has 124 valence electrons. The number of carbonyl (C=O) groups is 1. The summed E-state index contributed by atoms with van der Waals surface area (Å²) in [5, 5.41) is 2.91. The summed E-state index contributed by atoms with van der Waals surface area (Å²) in [6.07, 6.45) is 10.2. The number of hydrogen-bond donors (Lipinski definition) is 1.